The lowest BCUT2D eigenvalue weighted by atomic mass is 10.0. The van der Waals surface area contributed by atoms with Gasteiger partial charge in [0.1, 0.15) is 5.75 Å². The number of hydrogen-bond acceptors (Lipinski definition) is 3. The summed E-state index contributed by atoms with van der Waals surface area (Å²) in [6, 6.07) is 13.7. The largest absolute Gasteiger partial charge is 0.493 e. The van der Waals surface area contributed by atoms with Gasteiger partial charge in [0, 0.05) is 38.2 Å². The van der Waals surface area contributed by atoms with Crippen molar-refractivity contribution in [1.29, 1.82) is 0 Å². The van der Waals surface area contributed by atoms with Crippen LogP contribution in [-0.4, -0.2) is 54.4 Å². The fraction of sp³-hybridized carbons (Fsp3) is 0.364. The summed E-state index contributed by atoms with van der Waals surface area (Å²) < 4.78 is 5.51. The van der Waals surface area contributed by atoms with Crippen LogP contribution in [0.2, 0.25) is 0 Å². The van der Waals surface area contributed by atoms with Gasteiger partial charge in [-0.3, -0.25) is 9.59 Å². The van der Waals surface area contributed by atoms with Crippen LogP contribution >= 0.6 is 0 Å². The van der Waals surface area contributed by atoms with Crippen LogP contribution in [0.4, 0.5) is 0 Å². The first-order chi connectivity index (χ1) is 13.1. The number of carbonyl (C=O) groups is 2. The van der Waals surface area contributed by atoms with Crippen LogP contribution in [0.5, 0.6) is 5.75 Å². The highest BCUT2D eigenvalue weighted by atomic mass is 16.5. The molecule has 1 fully saturated rings. The van der Waals surface area contributed by atoms with Crippen LogP contribution in [0.15, 0.2) is 42.5 Å². The predicted molar refractivity (Wildman–Crippen MR) is 103 cm³/mol. The molecule has 0 aromatic heterocycles. The lowest BCUT2D eigenvalue weighted by molar-refractivity contribution is -0.131. The maximum Gasteiger partial charge on any atom is 0.253 e. The molecular formula is C22H24N2O3. The summed E-state index contributed by atoms with van der Waals surface area (Å²) in [7, 11) is 0. The maximum absolute atomic E-state index is 12.8. The summed E-state index contributed by atoms with van der Waals surface area (Å²) >= 11 is 0. The normalized spacial score (nSPS) is 16.0. The minimum atomic E-state index is 0.0377. The van der Waals surface area contributed by atoms with Crippen LogP contribution in [0.25, 0.3) is 0 Å². The molecule has 4 rings (SSSR count). The zero-order chi connectivity index (χ0) is 18.8. The van der Waals surface area contributed by atoms with Gasteiger partial charge in [0.2, 0.25) is 5.91 Å². The van der Waals surface area contributed by atoms with Crippen molar-refractivity contribution in [3.05, 3.63) is 64.7 Å². The van der Waals surface area contributed by atoms with Crippen LogP contribution in [0, 0.1) is 6.92 Å². The molecular weight excluding hydrogens is 340 g/mol. The van der Waals surface area contributed by atoms with Crippen molar-refractivity contribution < 1.29 is 14.3 Å². The Bertz CT molecular complexity index is 870. The van der Waals surface area contributed by atoms with Crippen molar-refractivity contribution in [3.8, 4) is 5.75 Å². The number of aryl methyl sites for hydroxylation is 1. The first-order valence-corrected chi connectivity index (χ1v) is 9.49. The van der Waals surface area contributed by atoms with Crippen molar-refractivity contribution in [2.24, 2.45) is 0 Å². The Balaban J connectivity index is 1.35. The molecule has 5 heteroatoms. The van der Waals surface area contributed by atoms with Gasteiger partial charge in [-0.15, -0.1) is 0 Å². The Kier molecular flexibility index (Phi) is 4.84. The third kappa shape index (κ3) is 3.68. The van der Waals surface area contributed by atoms with E-state index in [1.54, 1.807) is 0 Å². The number of benzene rings is 2. The number of hydrogen-bond donors (Lipinski definition) is 0. The number of rotatable bonds is 3. The molecule has 2 aromatic carbocycles. The maximum atomic E-state index is 12.8. The predicted octanol–water partition coefficient (Wildman–Crippen LogP) is 2.46. The fourth-order valence-corrected chi connectivity index (χ4v) is 3.74. The second kappa shape index (κ2) is 7.43. The molecule has 2 aliphatic heterocycles. The minimum absolute atomic E-state index is 0.0377. The summed E-state index contributed by atoms with van der Waals surface area (Å²) in [6.45, 7) is 5.04. The van der Waals surface area contributed by atoms with Crippen LogP contribution in [0.1, 0.15) is 27.0 Å². The number of carbonyl (C=O) groups excluding carboxylic acids is 2. The van der Waals surface area contributed by atoms with Gasteiger partial charge < -0.3 is 14.5 Å². The molecule has 0 unspecified atom stereocenters. The Labute approximate surface area is 159 Å². The highest BCUT2D eigenvalue weighted by Gasteiger charge is 2.26. The average molecular weight is 364 g/mol. The van der Waals surface area contributed by atoms with Gasteiger partial charge in [0.05, 0.1) is 13.0 Å². The molecule has 2 heterocycles. The van der Waals surface area contributed by atoms with Crippen molar-refractivity contribution in [2.45, 2.75) is 19.8 Å². The summed E-state index contributed by atoms with van der Waals surface area (Å²) in [5.74, 6) is 1.06. The Morgan fingerprint density at radius 2 is 1.74 bits per heavy atom. The van der Waals surface area contributed by atoms with Gasteiger partial charge in [-0.05, 0) is 41.8 Å². The second-order valence-corrected chi connectivity index (χ2v) is 7.20. The number of piperazine rings is 1. The first kappa shape index (κ1) is 17.6. The third-order valence-electron chi connectivity index (χ3n) is 5.46. The van der Waals surface area contributed by atoms with Gasteiger partial charge >= 0.3 is 0 Å². The average Bonchev–Trinajstić information content (AvgIpc) is 3.17. The molecule has 0 saturated carbocycles. The summed E-state index contributed by atoms with van der Waals surface area (Å²) in [6.07, 6.45) is 1.28. The van der Waals surface area contributed by atoms with E-state index in [4.69, 9.17) is 4.74 Å². The first-order valence-electron chi connectivity index (χ1n) is 9.49. The van der Waals surface area contributed by atoms with Crippen molar-refractivity contribution in [1.82, 2.24) is 9.80 Å². The van der Waals surface area contributed by atoms with E-state index in [1.807, 2.05) is 59.2 Å². The standard InChI is InChI=1S/C22H24N2O3/c1-16-4-2-3-5-17(16)15-21(25)23-9-11-24(12-10-23)22(26)19-6-7-20-18(14-19)8-13-27-20/h2-7,14H,8-13,15H2,1H3. The van der Waals surface area contributed by atoms with Crippen molar-refractivity contribution in [3.63, 3.8) is 0 Å². The number of ether oxygens (including phenoxy) is 1. The van der Waals surface area contributed by atoms with Crippen molar-refractivity contribution in [2.75, 3.05) is 32.8 Å². The van der Waals surface area contributed by atoms with Gasteiger partial charge in [-0.1, -0.05) is 24.3 Å². The SMILES string of the molecule is Cc1ccccc1CC(=O)N1CCN(C(=O)c2ccc3c(c2)CCO3)CC1. The summed E-state index contributed by atoms with van der Waals surface area (Å²) in [5.41, 5.74) is 4.02. The molecule has 0 bridgehead atoms. The van der Waals surface area contributed by atoms with Gasteiger partial charge in [-0.2, -0.15) is 0 Å². The molecule has 0 spiro atoms. The van der Waals surface area contributed by atoms with E-state index in [0.717, 1.165) is 28.9 Å². The smallest absolute Gasteiger partial charge is 0.253 e. The summed E-state index contributed by atoms with van der Waals surface area (Å²) in [4.78, 5) is 29.1. The third-order valence-corrected chi connectivity index (χ3v) is 5.46. The lowest BCUT2D eigenvalue weighted by Gasteiger charge is -2.35. The lowest BCUT2D eigenvalue weighted by Crippen LogP contribution is -2.51. The van der Waals surface area contributed by atoms with Gasteiger partial charge in [0.15, 0.2) is 0 Å². The highest BCUT2D eigenvalue weighted by molar-refractivity contribution is 5.95. The number of amides is 2. The molecule has 2 aliphatic rings. The molecule has 140 valence electrons. The Morgan fingerprint density at radius 1 is 1.00 bits per heavy atom. The number of fused-ring (bicyclic) bond motifs is 1. The van der Waals surface area contributed by atoms with E-state index >= 15 is 0 Å². The molecule has 5 nitrogen and oxygen atoms in total. The zero-order valence-electron chi connectivity index (χ0n) is 15.6. The van der Waals surface area contributed by atoms with E-state index in [2.05, 4.69) is 0 Å². The zero-order valence-corrected chi connectivity index (χ0v) is 15.6. The fourth-order valence-electron chi connectivity index (χ4n) is 3.74. The van der Waals surface area contributed by atoms with Crippen molar-refractivity contribution >= 4 is 11.8 Å². The molecule has 27 heavy (non-hydrogen) atoms. The van der Waals surface area contributed by atoms with E-state index in [0.29, 0.717) is 44.8 Å². The van der Waals surface area contributed by atoms with E-state index in [9.17, 15) is 9.59 Å². The van der Waals surface area contributed by atoms with Crippen LogP contribution < -0.4 is 4.74 Å². The Hall–Kier alpha value is -2.82. The van der Waals surface area contributed by atoms with Gasteiger partial charge in [-0.25, -0.2) is 0 Å². The van der Waals surface area contributed by atoms with Crippen LogP contribution in [0.3, 0.4) is 0 Å². The molecule has 0 radical (unpaired) electrons. The van der Waals surface area contributed by atoms with E-state index in [-0.39, 0.29) is 11.8 Å². The molecule has 2 amide bonds. The van der Waals surface area contributed by atoms with Gasteiger partial charge in [0.25, 0.3) is 5.91 Å². The monoisotopic (exact) mass is 364 g/mol. The molecule has 1 saturated heterocycles. The second-order valence-electron chi connectivity index (χ2n) is 7.20. The highest BCUT2D eigenvalue weighted by Crippen LogP contribution is 2.26. The number of nitrogens with zero attached hydrogens (tertiary/aromatic N) is 2. The summed E-state index contributed by atoms with van der Waals surface area (Å²) in [5, 5.41) is 0. The Morgan fingerprint density at radius 3 is 2.52 bits per heavy atom. The van der Waals surface area contributed by atoms with Crippen LogP contribution in [-0.2, 0) is 17.6 Å². The molecule has 0 N–H and O–H groups in total. The molecule has 0 atom stereocenters. The minimum Gasteiger partial charge on any atom is -0.493 e. The quantitative estimate of drug-likeness (QED) is 0.841. The molecule has 0 aliphatic carbocycles. The molecule has 2 aromatic rings. The van der Waals surface area contributed by atoms with E-state index in [1.165, 1.54) is 0 Å². The topological polar surface area (TPSA) is 49.9 Å². The van der Waals surface area contributed by atoms with E-state index < -0.39 is 0 Å².